The summed E-state index contributed by atoms with van der Waals surface area (Å²) < 4.78 is 36.2. The third-order valence-corrected chi connectivity index (χ3v) is 7.23. The number of ether oxygens (including phenoxy) is 2. The smallest absolute Gasteiger partial charge is 0.395 e. The Hall–Kier alpha value is -3.97. The summed E-state index contributed by atoms with van der Waals surface area (Å²) in [6, 6.07) is 15.5. The number of likely N-dealkylation sites (N-methyl/N-ethyl adjacent to an activating group) is 1. The molecule has 0 saturated carbocycles. The highest BCUT2D eigenvalue weighted by molar-refractivity contribution is 7.10. The van der Waals surface area contributed by atoms with Gasteiger partial charge in [-0.3, -0.25) is 15.1 Å². The SMILES string of the molecule is CN1C(=N)N[C@](C)(c2cc(-c3cccc(C#N)c3)cs2)[C@H](c2ccc3c(c2)OC(F)(F)O3)C1=O. The summed E-state index contributed by atoms with van der Waals surface area (Å²) in [5.41, 5.74) is 1.64. The predicted octanol–water partition coefficient (Wildman–Crippen LogP) is 4.60. The Bertz CT molecular complexity index is 1380. The number of carbonyl (C=O) groups excluding carboxylic acids is 1. The second-order valence-corrected chi connectivity index (χ2v) is 9.18. The van der Waals surface area contributed by atoms with E-state index in [2.05, 4.69) is 20.9 Å². The Labute approximate surface area is 197 Å². The summed E-state index contributed by atoms with van der Waals surface area (Å²) in [5.74, 6) is -1.54. The van der Waals surface area contributed by atoms with Gasteiger partial charge in [-0.05, 0) is 59.3 Å². The topological polar surface area (TPSA) is 98.4 Å². The molecule has 2 aliphatic heterocycles. The molecule has 0 unspecified atom stereocenters. The van der Waals surface area contributed by atoms with E-state index in [4.69, 9.17) is 5.41 Å². The van der Waals surface area contributed by atoms with Crippen molar-refractivity contribution in [1.29, 1.82) is 10.7 Å². The molecule has 10 heteroatoms. The standard InChI is InChI=1S/C24H18F2N4O3S/c1-23(19-10-16(12-34-19)14-5-3-4-13(8-14)11-27)20(21(31)30(2)22(28)29-23)15-6-7-17-18(9-15)33-24(25,26)32-17/h3-10,12,20H,1-2H3,(H2,28,29)/t20-,23-/m1/s1. The van der Waals surface area contributed by atoms with Crippen LogP contribution in [0.1, 0.15) is 28.8 Å². The molecule has 0 radical (unpaired) electrons. The summed E-state index contributed by atoms with van der Waals surface area (Å²) in [4.78, 5) is 15.4. The molecule has 5 rings (SSSR count). The normalized spacial score (nSPS) is 22.9. The van der Waals surface area contributed by atoms with E-state index < -0.39 is 17.8 Å². The summed E-state index contributed by atoms with van der Waals surface area (Å²) in [7, 11) is 1.48. The first kappa shape index (κ1) is 21.9. The van der Waals surface area contributed by atoms with Gasteiger partial charge in [-0.1, -0.05) is 18.2 Å². The molecular weight excluding hydrogens is 462 g/mol. The fourth-order valence-electron chi connectivity index (χ4n) is 4.31. The van der Waals surface area contributed by atoms with Crippen LogP contribution in [0.2, 0.25) is 0 Å². The molecule has 2 atom stereocenters. The maximum atomic E-state index is 13.6. The lowest BCUT2D eigenvalue weighted by molar-refractivity contribution is -0.286. The van der Waals surface area contributed by atoms with Crippen LogP contribution in [0, 0.1) is 16.7 Å². The fraction of sp³-hybridized carbons (Fsp3) is 0.208. The average molecular weight is 480 g/mol. The Balaban J connectivity index is 1.59. The zero-order valence-corrected chi connectivity index (χ0v) is 18.9. The van der Waals surface area contributed by atoms with Crippen molar-refractivity contribution in [1.82, 2.24) is 10.2 Å². The number of alkyl halides is 2. The van der Waals surface area contributed by atoms with E-state index in [1.54, 1.807) is 31.2 Å². The second-order valence-electron chi connectivity index (χ2n) is 8.27. The molecule has 0 spiro atoms. The van der Waals surface area contributed by atoms with Crippen molar-refractivity contribution < 1.29 is 23.0 Å². The van der Waals surface area contributed by atoms with Crippen molar-refractivity contribution in [3.05, 3.63) is 69.9 Å². The molecule has 0 aliphatic carbocycles. The number of rotatable bonds is 3. The van der Waals surface area contributed by atoms with Crippen molar-refractivity contribution in [2.45, 2.75) is 24.7 Å². The van der Waals surface area contributed by atoms with Crippen LogP contribution in [0.3, 0.4) is 0 Å². The molecule has 1 amide bonds. The zero-order valence-electron chi connectivity index (χ0n) is 18.1. The molecule has 3 heterocycles. The van der Waals surface area contributed by atoms with Gasteiger partial charge in [0.1, 0.15) is 0 Å². The first-order chi connectivity index (χ1) is 16.1. The number of amides is 1. The highest BCUT2D eigenvalue weighted by Crippen LogP contribution is 2.48. The van der Waals surface area contributed by atoms with Crippen LogP contribution in [0.25, 0.3) is 11.1 Å². The van der Waals surface area contributed by atoms with Crippen LogP contribution in [-0.2, 0) is 10.3 Å². The maximum Gasteiger partial charge on any atom is 0.586 e. The molecule has 3 aromatic rings. The predicted molar refractivity (Wildman–Crippen MR) is 121 cm³/mol. The fourth-order valence-corrected chi connectivity index (χ4v) is 5.37. The first-order valence-corrected chi connectivity index (χ1v) is 11.1. The van der Waals surface area contributed by atoms with Gasteiger partial charge in [-0.2, -0.15) is 5.26 Å². The molecule has 1 fully saturated rings. The van der Waals surface area contributed by atoms with Crippen LogP contribution in [0.4, 0.5) is 8.78 Å². The average Bonchev–Trinajstić information content (AvgIpc) is 3.41. The van der Waals surface area contributed by atoms with Crippen molar-refractivity contribution in [3.63, 3.8) is 0 Å². The van der Waals surface area contributed by atoms with Crippen molar-refractivity contribution in [3.8, 4) is 28.7 Å². The molecule has 2 aliphatic rings. The van der Waals surface area contributed by atoms with Gasteiger partial charge in [-0.25, -0.2) is 0 Å². The third-order valence-electron chi connectivity index (χ3n) is 6.06. The number of halogens is 2. The van der Waals surface area contributed by atoms with Crippen molar-refractivity contribution in [2.75, 3.05) is 7.05 Å². The van der Waals surface area contributed by atoms with Crippen molar-refractivity contribution >= 4 is 23.2 Å². The van der Waals surface area contributed by atoms with E-state index in [-0.39, 0.29) is 23.4 Å². The molecule has 2 aromatic carbocycles. The number of hydrogen-bond donors (Lipinski definition) is 2. The number of hydrogen-bond acceptors (Lipinski definition) is 6. The van der Waals surface area contributed by atoms with Crippen LogP contribution >= 0.6 is 11.3 Å². The van der Waals surface area contributed by atoms with Crippen LogP contribution in [0.5, 0.6) is 11.5 Å². The first-order valence-electron chi connectivity index (χ1n) is 10.2. The molecule has 2 N–H and O–H groups in total. The van der Waals surface area contributed by atoms with Gasteiger partial charge in [0.05, 0.1) is 23.1 Å². The Morgan fingerprint density at radius 1 is 1.15 bits per heavy atom. The molecular formula is C24H18F2N4O3S. The summed E-state index contributed by atoms with van der Waals surface area (Å²) in [6.07, 6.45) is -3.77. The Morgan fingerprint density at radius 3 is 2.68 bits per heavy atom. The largest absolute Gasteiger partial charge is 0.586 e. The highest BCUT2D eigenvalue weighted by atomic mass is 32.1. The number of benzene rings is 2. The van der Waals surface area contributed by atoms with Gasteiger partial charge in [0.15, 0.2) is 17.5 Å². The maximum absolute atomic E-state index is 13.6. The van der Waals surface area contributed by atoms with Gasteiger partial charge in [-0.15, -0.1) is 20.1 Å². The number of carbonyl (C=O) groups is 1. The number of guanidine groups is 1. The van der Waals surface area contributed by atoms with Crippen LogP contribution in [-0.4, -0.2) is 30.1 Å². The Kier molecular flexibility index (Phi) is 4.84. The molecule has 7 nitrogen and oxygen atoms in total. The number of nitriles is 1. The minimum atomic E-state index is -3.77. The van der Waals surface area contributed by atoms with Crippen molar-refractivity contribution in [2.24, 2.45) is 0 Å². The van der Waals surface area contributed by atoms with Gasteiger partial charge in [0, 0.05) is 11.9 Å². The third kappa shape index (κ3) is 3.45. The monoisotopic (exact) mass is 480 g/mol. The minimum absolute atomic E-state index is 0.0718. The van der Waals surface area contributed by atoms with E-state index in [9.17, 15) is 18.8 Å². The lowest BCUT2D eigenvalue weighted by Gasteiger charge is -2.45. The molecule has 1 aromatic heterocycles. The summed E-state index contributed by atoms with van der Waals surface area (Å²) in [6.45, 7) is 1.80. The van der Waals surface area contributed by atoms with Gasteiger partial charge >= 0.3 is 6.29 Å². The highest BCUT2D eigenvalue weighted by Gasteiger charge is 2.50. The van der Waals surface area contributed by atoms with Gasteiger partial charge in [0.25, 0.3) is 0 Å². The van der Waals surface area contributed by atoms with E-state index in [1.807, 2.05) is 17.5 Å². The van der Waals surface area contributed by atoms with E-state index in [0.29, 0.717) is 11.1 Å². The zero-order chi connectivity index (χ0) is 24.3. The van der Waals surface area contributed by atoms with Crippen LogP contribution < -0.4 is 14.8 Å². The second kappa shape index (κ2) is 7.53. The van der Waals surface area contributed by atoms with E-state index in [1.165, 1.54) is 35.4 Å². The van der Waals surface area contributed by atoms with Gasteiger partial charge in [0.2, 0.25) is 5.91 Å². The van der Waals surface area contributed by atoms with E-state index >= 15 is 0 Å². The lowest BCUT2D eigenvalue weighted by Crippen LogP contribution is -2.62. The van der Waals surface area contributed by atoms with Gasteiger partial charge < -0.3 is 14.8 Å². The quantitative estimate of drug-likeness (QED) is 0.571. The number of fused-ring (bicyclic) bond motifs is 1. The number of nitrogens with zero attached hydrogens (tertiary/aromatic N) is 2. The van der Waals surface area contributed by atoms with Crippen LogP contribution in [0.15, 0.2) is 53.9 Å². The molecule has 1 saturated heterocycles. The molecule has 172 valence electrons. The minimum Gasteiger partial charge on any atom is -0.395 e. The number of thiophene rings is 1. The molecule has 0 bridgehead atoms. The lowest BCUT2D eigenvalue weighted by atomic mass is 9.76. The number of nitrogens with one attached hydrogen (secondary N) is 2. The molecule has 34 heavy (non-hydrogen) atoms. The summed E-state index contributed by atoms with van der Waals surface area (Å²) >= 11 is 1.40. The Morgan fingerprint density at radius 2 is 1.91 bits per heavy atom. The van der Waals surface area contributed by atoms with E-state index in [0.717, 1.165) is 16.0 Å². The summed E-state index contributed by atoms with van der Waals surface area (Å²) in [5, 5.41) is 22.6.